The van der Waals surface area contributed by atoms with Gasteiger partial charge in [0.25, 0.3) is 0 Å². The quantitative estimate of drug-likeness (QED) is 0.0110. The maximum Gasteiger partial charge on any atom is 0.330 e. The van der Waals surface area contributed by atoms with Crippen LogP contribution in [0.4, 0.5) is 5.13 Å². The summed E-state index contributed by atoms with van der Waals surface area (Å²) < 4.78 is 30.1. The Morgan fingerprint density at radius 1 is 0.797 bits per heavy atom. The summed E-state index contributed by atoms with van der Waals surface area (Å²) in [5, 5.41) is 8.00. The molecule has 2 fully saturated rings. The van der Waals surface area contributed by atoms with Crippen molar-refractivity contribution in [3.05, 3.63) is 90.5 Å². The van der Waals surface area contributed by atoms with Crippen LogP contribution in [0.15, 0.2) is 84.5 Å². The van der Waals surface area contributed by atoms with Crippen LogP contribution in [0.2, 0.25) is 0 Å². The summed E-state index contributed by atoms with van der Waals surface area (Å²) in [7, 11) is 0. The largest absolute Gasteiger partial charge is 0.494 e. The third-order valence-corrected chi connectivity index (χ3v) is 13.8. The summed E-state index contributed by atoms with van der Waals surface area (Å²) in [6.07, 6.45) is 22.2. The van der Waals surface area contributed by atoms with Crippen molar-refractivity contribution in [1.82, 2.24) is 4.98 Å². The fraction of sp³-hybridized carbons (Fsp3) is 0.547. The van der Waals surface area contributed by atoms with Crippen molar-refractivity contribution in [2.24, 2.45) is 22.9 Å². The molecule has 0 atom stereocenters. The maximum absolute atomic E-state index is 13.8. The lowest BCUT2D eigenvalue weighted by Gasteiger charge is -2.29. The van der Waals surface area contributed by atoms with Gasteiger partial charge in [-0.15, -0.1) is 0 Å². The zero-order valence-electron chi connectivity index (χ0n) is 38.4. The molecule has 2 saturated carbocycles. The van der Waals surface area contributed by atoms with Crippen LogP contribution in [-0.4, -0.2) is 56.3 Å². The monoisotopic (exact) mass is 894 g/mol. The van der Waals surface area contributed by atoms with Crippen molar-refractivity contribution < 1.29 is 33.3 Å². The van der Waals surface area contributed by atoms with Crippen LogP contribution in [0, 0.1) is 17.8 Å². The lowest BCUT2D eigenvalue weighted by molar-refractivity contribution is -0.140. The number of hydrogen-bond donors (Lipinski definition) is 0. The van der Waals surface area contributed by atoms with Crippen LogP contribution in [0.5, 0.6) is 17.2 Å². The van der Waals surface area contributed by atoms with Crippen molar-refractivity contribution in [3.8, 4) is 17.2 Å². The van der Waals surface area contributed by atoms with Gasteiger partial charge in [-0.05, 0) is 155 Å². The van der Waals surface area contributed by atoms with E-state index in [2.05, 4.69) is 50.8 Å². The number of rotatable bonds is 27. The Labute approximate surface area is 385 Å². The van der Waals surface area contributed by atoms with E-state index in [-0.39, 0.29) is 24.6 Å². The average molecular weight is 894 g/mol. The highest BCUT2D eigenvalue weighted by molar-refractivity contribution is 7.22. The number of nitrogens with zero attached hydrogens (tertiary/aromatic N) is 3. The summed E-state index contributed by atoms with van der Waals surface area (Å²) in [4.78, 5) is 29.8. The molecule has 2 aliphatic rings. The molecule has 0 saturated heterocycles. The predicted molar refractivity (Wildman–Crippen MR) is 259 cm³/mol. The van der Waals surface area contributed by atoms with E-state index in [1.165, 1.54) is 63.0 Å². The zero-order chi connectivity index (χ0) is 44.8. The van der Waals surface area contributed by atoms with E-state index < -0.39 is 0 Å². The molecule has 0 aliphatic heterocycles. The van der Waals surface area contributed by atoms with Gasteiger partial charge in [-0.1, -0.05) is 82.1 Å². The first-order valence-electron chi connectivity index (χ1n) is 24.2. The number of thiazole rings is 1. The van der Waals surface area contributed by atoms with E-state index in [4.69, 9.17) is 33.8 Å². The molecule has 3 aromatic carbocycles. The van der Waals surface area contributed by atoms with Gasteiger partial charge in [0.15, 0.2) is 6.79 Å². The van der Waals surface area contributed by atoms with Crippen LogP contribution >= 0.6 is 11.3 Å². The molecule has 0 amide bonds. The van der Waals surface area contributed by atoms with Gasteiger partial charge in [0.2, 0.25) is 5.13 Å². The summed E-state index contributed by atoms with van der Waals surface area (Å²) in [6.45, 7) is 10.5. The van der Waals surface area contributed by atoms with E-state index in [1.54, 1.807) is 11.3 Å². The molecule has 4 aromatic rings. The van der Waals surface area contributed by atoms with Crippen LogP contribution in [0.1, 0.15) is 146 Å². The minimum absolute atomic E-state index is 0.154. The minimum Gasteiger partial charge on any atom is -0.494 e. The second-order valence-corrected chi connectivity index (χ2v) is 18.6. The standard InChI is InChI=1S/C53H71N3O7S/c1-4-7-8-13-33-56(53-55-48-17-11-12-18-50(48)64-53)54-37-45-36-44(42-23-19-40(16-5-2)20-24-42)27-32-49(45)63-52(58)43-25-21-41(22-26-43)38-59-39-62-47-30-28-46(29-31-47)60-34-14-9-10-15-35-61-51(57)6-3/h6,11-12,17-18,27-32,36-37,40-43H,3-5,7-10,13-16,19-26,33-35,38-39H2,1-2H3/b54-37+. The number of carbonyl (C=O) groups excluding carboxylic acids is 2. The molecule has 6 rings (SSSR count). The Morgan fingerprint density at radius 3 is 2.25 bits per heavy atom. The summed E-state index contributed by atoms with van der Waals surface area (Å²) in [5.41, 5.74) is 3.14. The fourth-order valence-electron chi connectivity index (χ4n) is 8.89. The number of aromatic nitrogens is 1. The van der Waals surface area contributed by atoms with Crippen LogP contribution in [0.25, 0.3) is 10.2 Å². The van der Waals surface area contributed by atoms with Crippen LogP contribution < -0.4 is 19.2 Å². The van der Waals surface area contributed by atoms with E-state index in [0.717, 1.165) is 109 Å². The van der Waals surface area contributed by atoms with E-state index in [9.17, 15) is 9.59 Å². The van der Waals surface area contributed by atoms with Gasteiger partial charge >= 0.3 is 11.9 Å². The molecular weight excluding hydrogens is 823 g/mol. The highest BCUT2D eigenvalue weighted by Gasteiger charge is 2.29. The van der Waals surface area contributed by atoms with Crippen LogP contribution in [-0.2, 0) is 19.1 Å². The van der Waals surface area contributed by atoms with Gasteiger partial charge in [0, 0.05) is 18.2 Å². The lowest BCUT2D eigenvalue weighted by atomic mass is 9.77. The second kappa shape index (κ2) is 26.9. The third kappa shape index (κ3) is 15.8. The Bertz CT molecular complexity index is 2000. The van der Waals surface area contributed by atoms with Crippen molar-refractivity contribution in [3.63, 3.8) is 0 Å². The van der Waals surface area contributed by atoms with Gasteiger partial charge in [0.05, 0.1) is 42.2 Å². The highest BCUT2D eigenvalue weighted by Crippen LogP contribution is 2.39. The molecule has 2 aliphatic carbocycles. The molecular formula is C53H71N3O7S. The van der Waals surface area contributed by atoms with Crippen LogP contribution in [0.3, 0.4) is 0 Å². The van der Waals surface area contributed by atoms with Gasteiger partial charge in [-0.3, -0.25) is 4.79 Å². The summed E-state index contributed by atoms with van der Waals surface area (Å²) in [6, 6.07) is 22.3. The molecule has 0 N–H and O–H groups in total. The number of carbonyl (C=O) groups is 2. The Morgan fingerprint density at radius 2 is 1.52 bits per heavy atom. The van der Waals surface area contributed by atoms with Crippen molar-refractivity contribution in [1.29, 1.82) is 0 Å². The predicted octanol–water partition coefficient (Wildman–Crippen LogP) is 13.2. The molecule has 11 heteroatoms. The third-order valence-electron chi connectivity index (χ3n) is 12.7. The van der Waals surface area contributed by atoms with E-state index in [1.807, 2.05) is 47.6 Å². The van der Waals surface area contributed by atoms with Crippen molar-refractivity contribution >= 4 is 44.8 Å². The normalized spacial score (nSPS) is 18.8. The molecule has 10 nitrogen and oxygen atoms in total. The molecule has 0 bridgehead atoms. The topological polar surface area (TPSA) is 109 Å². The highest BCUT2D eigenvalue weighted by atomic mass is 32.1. The molecule has 1 heterocycles. The fourth-order valence-corrected chi connectivity index (χ4v) is 9.84. The molecule has 1 aromatic heterocycles. The van der Waals surface area contributed by atoms with E-state index >= 15 is 0 Å². The lowest BCUT2D eigenvalue weighted by Crippen LogP contribution is -2.27. The number of benzene rings is 3. The van der Waals surface area contributed by atoms with E-state index in [0.29, 0.717) is 37.4 Å². The van der Waals surface area contributed by atoms with Gasteiger partial charge in [-0.2, -0.15) is 5.10 Å². The number of fused-ring (bicyclic) bond motifs is 1. The second-order valence-electron chi connectivity index (χ2n) is 17.6. The Balaban J connectivity index is 0.980. The molecule has 0 unspecified atom stereocenters. The average Bonchev–Trinajstić information content (AvgIpc) is 3.76. The number of hydrazone groups is 1. The first kappa shape index (κ1) is 48.7. The Kier molecular flexibility index (Phi) is 20.5. The number of ether oxygens (including phenoxy) is 5. The van der Waals surface area contributed by atoms with Crippen molar-refractivity contribution in [2.45, 2.75) is 135 Å². The first-order valence-corrected chi connectivity index (χ1v) is 25.0. The minimum atomic E-state index is -0.373. The Hall–Kier alpha value is -4.74. The molecule has 0 radical (unpaired) electrons. The summed E-state index contributed by atoms with van der Waals surface area (Å²) >= 11 is 1.66. The van der Waals surface area contributed by atoms with Gasteiger partial charge < -0.3 is 23.7 Å². The number of unbranched alkanes of at least 4 members (excludes halogenated alkanes) is 6. The number of esters is 2. The molecule has 64 heavy (non-hydrogen) atoms. The molecule has 346 valence electrons. The summed E-state index contributed by atoms with van der Waals surface area (Å²) in [5.74, 6) is 3.11. The molecule has 0 spiro atoms. The zero-order valence-corrected chi connectivity index (χ0v) is 39.2. The van der Waals surface area contributed by atoms with Gasteiger partial charge in [-0.25, -0.2) is 14.8 Å². The first-order chi connectivity index (χ1) is 31.4. The van der Waals surface area contributed by atoms with Gasteiger partial charge in [0.1, 0.15) is 17.2 Å². The number of para-hydroxylation sites is 1. The smallest absolute Gasteiger partial charge is 0.330 e. The number of anilines is 1. The number of hydrogen-bond acceptors (Lipinski definition) is 11. The van der Waals surface area contributed by atoms with Crippen molar-refractivity contribution in [2.75, 3.05) is 38.2 Å². The SMILES string of the molecule is C=CC(=O)OCCCCCCOc1ccc(OCOCC2CCC(C(=O)Oc3ccc(C4CCC(CCC)CC4)cc3/C=N/N(CCCCCC)c3nc4ccccc4s3)CC2)cc1. The maximum atomic E-state index is 13.8.